The lowest BCUT2D eigenvalue weighted by molar-refractivity contribution is 0.237. The predicted octanol–water partition coefficient (Wildman–Crippen LogP) is 3.67. The number of H-pyrrole nitrogens is 1. The van der Waals surface area contributed by atoms with E-state index in [1.54, 1.807) is 20.3 Å². The third kappa shape index (κ3) is 3.99. The lowest BCUT2D eigenvalue weighted by atomic mass is 10.0. The Morgan fingerprint density at radius 1 is 1.17 bits per heavy atom. The fourth-order valence-electron chi connectivity index (χ4n) is 3.71. The summed E-state index contributed by atoms with van der Waals surface area (Å²) in [5, 5.41) is 0.585. The number of hydrogen-bond acceptors (Lipinski definition) is 5. The summed E-state index contributed by atoms with van der Waals surface area (Å²) < 4.78 is 10.9. The molecule has 4 rings (SSSR count). The number of rotatable bonds is 5. The molecule has 7 heteroatoms. The molecule has 29 heavy (non-hydrogen) atoms. The summed E-state index contributed by atoms with van der Waals surface area (Å²) in [5.74, 6) is 1.87. The molecule has 0 spiro atoms. The number of hydrogen-bond donors (Lipinski definition) is 1. The molecule has 0 saturated heterocycles. The van der Waals surface area contributed by atoms with Gasteiger partial charge in [0.15, 0.2) is 11.5 Å². The second-order valence-electron chi connectivity index (χ2n) is 6.97. The maximum atomic E-state index is 12.7. The maximum Gasteiger partial charge on any atom is 0.255 e. The highest BCUT2D eigenvalue weighted by Gasteiger charge is 2.23. The summed E-state index contributed by atoms with van der Waals surface area (Å²) in [5.41, 5.74) is 3.31. The smallest absolute Gasteiger partial charge is 0.255 e. The van der Waals surface area contributed by atoms with Crippen molar-refractivity contribution in [1.82, 2.24) is 14.9 Å². The molecule has 2 heterocycles. The molecule has 2 aromatic carbocycles. The minimum atomic E-state index is -0.0887. The summed E-state index contributed by atoms with van der Waals surface area (Å²) in [6.45, 7) is 1.90. The van der Waals surface area contributed by atoms with Gasteiger partial charge in [0, 0.05) is 48.3 Å². The van der Waals surface area contributed by atoms with E-state index in [1.165, 1.54) is 0 Å². The third-order valence-corrected chi connectivity index (χ3v) is 5.33. The first kappa shape index (κ1) is 19.5. The number of halogens is 1. The summed E-state index contributed by atoms with van der Waals surface area (Å²) in [6, 6.07) is 13.3. The Bertz CT molecular complexity index is 1080. The number of aromatic amines is 1. The SMILES string of the molecule is COc1cc(Cl)cc(CN2CCc3nc(-c4ccccc4)[nH]c(=O)c3C2)c1OC. The zero-order chi connectivity index (χ0) is 20.4. The van der Waals surface area contributed by atoms with Crippen LogP contribution >= 0.6 is 11.6 Å². The Morgan fingerprint density at radius 2 is 1.97 bits per heavy atom. The average Bonchev–Trinajstić information content (AvgIpc) is 2.74. The standard InChI is InChI=1S/C22H22ClN3O3/c1-28-19-11-16(23)10-15(20(19)29-2)12-26-9-8-18-17(13-26)22(27)25-21(24-18)14-6-4-3-5-7-14/h3-7,10-11H,8-9,12-13H2,1-2H3,(H,24,25,27). The molecule has 6 nitrogen and oxygen atoms in total. The number of ether oxygens (including phenoxy) is 2. The van der Waals surface area contributed by atoms with Gasteiger partial charge in [-0.2, -0.15) is 0 Å². The van der Waals surface area contributed by atoms with Crippen molar-refractivity contribution in [2.75, 3.05) is 20.8 Å². The molecule has 0 fully saturated rings. The normalized spacial score (nSPS) is 13.8. The van der Waals surface area contributed by atoms with Crippen LogP contribution in [-0.2, 0) is 19.5 Å². The number of aromatic nitrogens is 2. The van der Waals surface area contributed by atoms with Gasteiger partial charge >= 0.3 is 0 Å². The fraction of sp³-hybridized carbons (Fsp3) is 0.273. The number of nitrogens with zero attached hydrogens (tertiary/aromatic N) is 2. The Hall–Kier alpha value is -2.83. The Balaban J connectivity index is 1.60. The minimum Gasteiger partial charge on any atom is -0.493 e. The fourth-order valence-corrected chi connectivity index (χ4v) is 3.94. The van der Waals surface area contributed by atoms with Crippen LogP contribution in [0.25, 0.3) is 11.4 Å². The first-order valence-electron chi connectivity index (χ1n) is 9.39. The zero-order valence-electron chi connectivity index (χ0n) is 16.4. The van der Waals surface area contributed by atoms with E-state index >= 15 is 0 Å². The van der Waals surface area contributed by atoms with E-state index in [9.17, 15) is 4.79 Å². The van der Waals surface area contributed by atoms with Crippen molar-refractivity contribution in [1.29, 1.82) is 0 Å². The van der Waals surface area contributed by atoms with Gasteiger partial charge in [-0.15, -0.1) is 0 Å². The van der Waals surface area contributed by atoms with Crippen LogP contribution in [0, 0.1) is 0 Å². The van der Waals surface area contributed by atoms with Crippen molar-refractivity contribution in [3.05, 3.63) is 74.7 Å². The largest absolute Gasteiger partial charge is 0.493 e. The van der Waals surface area contributed by atoms with E-state index in [0.29, 0.717) is 47.4 Å². The van der Waals surface area contributed by atoms with Crippen LogP contribution in [0.1, 0.15) is 16.8 Å². The lowest BCUT2D eigenvalue weighted by Crippen LogP contribution is -2.35. The van der Waals surface area contributed by atoms with Gasteiger partial charge in [-0.25, -0.2) is 4.98 Å². The number of benzene rings is 2. The Kier molecular flexibility index (Phi) is 5.56. The van der Waals surface area contributed by atoms with E-state index < -0.39 is 0 Å². The third-order valence-electron chi connectivity index (χ3n) is 5.11. The molecule has 1 N–H and O–H groups in total. The topological polar surface area (TPSA) is 67.5 Å². The van der Waals surface area contributed by atoms with E-state index in [4.69, 9.17) is 26.1 Å². The van der Waals surface area contributed by atoms with Crippen molar-refractivity contribution in [3.8, 4) is 22.9 Å². The van der Waals surface area contributed by atoms with Gasteiger partial charge in [0.25, 0.3) is 5.56 Å². The minimum absolute atomic E-state index is 0.0887. The predicted molar refractivity (Wildman–Crippen MR) is 113 cm³/mol. The molecule has 0 atom stereocenters. The first-order valence-corrected chi connectivity index (χ1v) is 9.77. The van der Waals surface area contributed by atoms with Gasteiger partial charge < -0.3 is 14.5 Å². The van der Waals surface area contributed by atoms with Gasteiger partial charge in [0.2, 0.25) is 0 Å². The van der Waals surface area contributed by atoms with Crippen LogP contribution in [0.3, 0.4) is 0 Å². The second kappa shape index (κ2) is 8.27. The van der Waals surface area contributed by atoms with Crippen LogP contribution < -0.4 is 15.0 Å². The van der Waals surface area contributed by atoms with Gasteiger partial charge in [-0.1, -0.05) is 41.9 Å². The summed E-state index contributed by atoms with van der Waals surface area (Å²) in [4.78, 5) is 22.6. The molecule has 0 unspecified atom stereocenters. The summed E-state index contributed by atoms with van der Waals surface area (Å²) >= 11 is 6.24. The highest BCUT2D eigenvalue weighted by molar-refractivity contribution is 6.30. The average molecular weight is 412 g/mol. The van der Waals surface area contributed by atoms with Crippen LogP contribution in [0.4, 0.5) is 0 Å². The summed E-state index contributed by atoms with van der Waals surface area (Å²) in [6.07, 6.45) is 0.707. The molecule has 0 saturated carbocycles. The molecule has 150 valence electrons. The highest BCUT2D eigenvalue weighted by Crippen LogP contribution is 2.35. The van der Waals surface area contributed by atoms with Gasteiger partial charge in [0.05, 0.1) is 25.5 Å². The lowest BCUT2D eigenvalue weighted by Gasteiger charge is -2.28. The molecular weight excluding hydrogens is 390 g/mol. The van der Waals surface area contributed by atoms with Crippen LogP contribution in [-0.4, -0.2) is 35.6 Å². The Morgan fingerprint density at radius 3 is 2.69 bits per heavy atom. The first-order chi connectivity index (χ1) is 14.1. The molecule has 1 aliphatic rings. The van der Waals surface area contributed by atoms with E-state index in [1.807, 2.05) is 36.4 Å². The Labute approximate surface area is 174 Å². The molecule has 0 aliphatic carbocycles. The number of methoxy groups -OCH3 is 2. The van der Waals surface area contributed by atoms with Crippen molar-refractivity contribution in [3.63, 3.8) is 0 Å². The monoisotopic (exact) mass is 411 g/mol. The zero-order valence-corrected chi connectivity index (χ0v) is 17.1. The van der Waals surface area contributed by atoms with Gasteiger partial charge in [-0.05, 0) is 6.07 Å². The molecule has 1 aromatic heterocycles. The summed E-state index contributed by atoms with van der Waals surface area (Å²) in [7, 11) is 3.20. The van der Waals surface area contributed by atoms with Crippen molar-refractivity contribution in [2.24, 2.45) is 0 Å². The number of nitrogens with one attached hydrogen (secondary N) is 1. The second-order valence-corrected chi connectivity index (χ2v) is 7.40. The van der Waals surface area contributed by atoms with Gasteiger partial charge in [-0.3, -0.25) is 9.69 Å². The van der Waals surface area contributed by atoms with E-state index in [-0.39, 0.29) is 5.56 Å². The van der Waals surface area contributed by atoms with E-state index in [0.717, 1.165) is 23.4 Å². The van der Waals surface area contributed by atoms with Crippen molar-refractivity contribution < 1.29 is 9.47 Å². The molecule has 3 aromatic rings. The van der Waals surface area contributed by atoms with Crippen LogP contribution in [0.5, 0.6) is 11.5 Å². The maximum absolute atomic E-state index is 12.7. The van der Waals surface area contributed by atoms with Gasteiger partial charge in [0.1, 0.15) is 5.82 Å². The quantitative estimate of drug-likeness (QED) is 0.693. The molecular formula is C22H22ClN3O3. The molecule has 0 bridgehead atoms. The van der Waals surface area contributed by atoms with Crippen molar-refractivity contribution >= 4 is 11.6 Å². The molecule has 0 amide bonds. The van der Waals surface area contributed by atoms with Crippen LogP contribution in [0.15, 0.2) is 47.3 Å². The van der Waals surface area contributed by atoms with Crippen molar-refractivity contribution in [2.45, 2.75) is 19.5 Å². The molecule has 0 radical (unpaired) electrons. The van der Waals surface area contributed by atoms with E-state index in [2.05, 4.69) is 9.88 Å². The number of fused-ring (bicyclic) bond motifs is 1. The highest BCUT2D eigenvalue weighted by atomic mass is 35.5. The molecule has 1 aliphatic heterocycles. The van der Waals surface area contributed by atoms with Crippen LogP contribution in [0.2, 0.25) is 5.02 Å².